The zero-order valence-corrected chi connectivity index (χ0v) is 14.2. The van der Waals surface area contributed by atoms with Crippen molar-refractivity contribution in [3.05, 3.63) is 28.7 Å². The van der Waals surface area contributed by atoms with Crippen LogP contribution >= 0.6 is 27.7 Å². The molecule has 0 aliphatic carbocycles. The lowest BCUT2D eigenvalue weighted by molar-refractivity contribution is -0.131. The summed E-state index contributed by atoms with van der Waals surface area (Å²) in [4.78, 5) is 14.3. The second-order valence-electron chi connectivity index (χ2n) is 5.40. The number of halogens is 1. The molecule has 2 fully saturated rings. The maximum Gasteiger partial charge on any atom is 0.240 e. The zero-order valence-electron chi connectivity index (χ0n) is 11.8. The van der Waals surface area contributed by atoms with Crippen LogP contribution in [0, 0.1) is 0 Å². The van der Waals surface area contributed by atoms with Gasteiger partial charge in [-0.2, -0.15) is 0 Å². The molecule has 0 unspecified atom stereocenters. The summed E-state index contributed by atoms with van der Waals surface area (Å²) < 4.78 is 6.83. The average Bonchev–Trinajstić information content (AvgIpc) is 3.18. The van der Waals surface area contributed by atoms with E-state index in [2.05, 4.69) is 21.2 Å². The lowest BCUT2D eigenvalue weighted by atomic mass is 10.2. The van der Waals surface area contributed by atoms with Gasteiger partial charge in [0, 0.05) is 22.8 Å². The molecule has 1 amide bonds. The smallest absolute Gasteiger partial charge is 0.240 e. The topological polar surface area (TPSA) is 41.6 Å². The Bertz CT molecular complexity index is 491. The summed E-state index contributed by atoms with van der Waals surface area (Å²) in [6.07, 6.45) is 1.91. The number of carbonyl (C=O) groups excluding carboxylic acids is 1. The number of hydrogen-bond acceptors (Lipinski definition) is 4. The number of amides is 1. The number of thioether (sulfide) groups is 1. The van der Waals surface area contributed by atoms with Gasteiger partial charge in [-0.25, -0.2) is 0 Å². The highest BCUT2D eigenvalue weighted by atomic mass is 79.9. The van der Waals surface area contributed by atoms with E-state index in [-0.39, 0.29) is 18.0 Å². The number of hydrogen-bond donors (Lipinski definition) is 1. The minimum absolute atomic E-state index is 0.0257. The van der Waals surface area contributed by atoms with Crippen LogP contribution in [0.3, 0.4) is 0 Å². The molecule has 0 aromatic heterocycles. The predicted octanol–water partition coefficient (Wildman–Crippen LogP) is 2.48. The van der Waals surface area contributed by atoms with Gasteiger partial charge in [-0.1, -0.05) is 15.9 Å². The van der Waals surface area contributed by atoms with E-state index in [4.69, 9.17) is 4.74 Å². The summed E-state index contributed by atoms with van der Waals surface area (Å²) in [6.45, 7) is 1.50. The minimum atomic E-state index is -0.0257. The fraction of sp³-hybridized carbons (Fsp3) is 0.533. The van der Waals surface area contributed by atoms with E-state index >= 15 is 0 Å². The van der Waals surface area contributed by atoms with Crippen LogP contribution in [0.25, 0.3) is 0 Å². The Morgan fingerprint density at radius 3 is 2.90 bits per heavy atom. The molecule has 2 aliphatic heterocycles. The van der Waals surface area contributed by atoms with Crippen molar-refractivity contribution in [1.82, 2.24) is 10.2 Å². The lowest BCUT2D eigenvalue weighted by Gasteiger charge is -2.20. The van der Waals surface area contributed by atoms with E-state index < -0.39 is 0 Å². The minimum Gasteiger partial charge on any atom is -0.492 e. The van der Waals surface area contributed by atoms with Crippen LogP contribution in [0.5, 0.6) is 5.75 Å². The Morgan fingerprint density at radius 2 is 2.19 bits per heavy atom. The van der Waals surface area contributed by atoms with Gasteiger partial charge >= 0.3 is 0 Å². The maximum atomic E-state index is 12.3. The van der Waals surface area contributed by atoms with E-state index in [0.717, 1.165) is 41.2 Å². The van der Waals surface area contributed by atoms with Crippen LogP contribution in [0.15, 0.2) is 28.7 Å². The van der Waals surface area contributed by atoms with Gasteiger partial charge in [-0.05, 0) is 37.1 Å². The van der Waals surface area contributed by atoms with E-state index in [1.807, 2.05) is 40.9 Å². The van der Waals surface area contributed by atoms with Crippen LogP contribution in [-0.4, -0.2) is 47.7 Å². The van der Waals surface area contributed by atoms with Crippen LogP contribution < -0.4 is 10.1 Å². The first-order chi connectivity index (χ1) is 10.2. The number of nitrogens with zero attached hydrogens (tertiary/aromatic N) is 1. The van der Waals surface area contributed by atoms with E-state index in [1.54, 1.807) is 0 Å². The number of nitrogens with one attached hydrogen (secondary N) is 1. The van der Waals surface area contributed by atoms with Gasteiger partial charge in [0.25, 0.3) is 0 Å². The lowest BCUT2D eigenvalue weighted by Crippen LogP contribution is -2.45. The monoisotopic (exact) mass is 370 g/mol. The molecule has 0 bridgehead atoms. The molecular weight excluding hydrogens is 352 g/mol. The molecule has 1 N–H and O–H groups in total. The first-order valence-corrected chi connectivity index (χ1v) is 9.18. The molecule has 21 heavy (non-hydrogen) atoms. The van der Waals surface area contributed by atoms with Gasteiger partial charge in [-0.3, -0.25) is 10.1 Å². The summed E-state index contributed by atoms with van der Waals surface area (Å²) in [6, 6.07) is 8.07. The molecule has 0 spiro atoms. The van der Waals surface area contributed by atoms with Crippen LogP contribution in [-0.2, 0) is 4.79 Å². The molecule has 2 saturated heterocycles. The number of benzene rings is 1. The molecule has 6 heteroatoms. The van der Waals surface area contributed by atoms with Gasteiger partial charge in [0.05, 0.1) is 11.9 Å². The highest BCUT2D eigenvalue weighted by molar-refractivity contribution is 9.10. The predicted molar refractivity (Wildman–Crippen MR) is 88.6 cm³/mol. The Hall–Kier alpha value is -0.720. The summed E-state index contributed by atoms with van der Waals surface area (Å²) in [7, 11) is 0. The molecule has 114 valence electrons. The van der Waals surface area contributed by atoms with E-state index in [1.165, 1.54) is 0 Å². The van der Waals surface area contributed by atoms with Gasteiger partial charge in [0.1, 0.15) is 12.4 Å². The van der Waals surface area contributed by atoms with Gasteiger partial charge < -0.3 is 9.64 Å². The van der Waals surface area contributed by atoms with Crippen LogP contribution in [0.1, 0.15) is 12.8 Å². The highest BCUT2D eigenvalue weighted by Crippen LogP contribution is 2.21. The second-order valence-corrected chi connectivity index (χ2v) is 7.39. The normalized spacial score (nSPS) is 25.3. The standard InChI is InChI=1S/C15H19BrN2O2S/c16-11-1-4-13(5-2-11)20-9-12-3-6-14(17-12)15(19)18-7-8-21-10-18/h1-2,4-5,12,14,17H,3,6-10H2/t12-,14-/m1/s1. The quantitative estimate of drug-likeness (QED) is 0.883. The molecule has 1 aromatic carbocycles. The third-order valence-corrected chi connectivity index (χ3v) is 5.36. The molecule has 2 atom stereocenters. The Morgan fingerprint density at radius 1 is 1.38 bits per heavy atom. The van der Waals surface area contributed by atoms with Crippen molar-refractivity contribution >= 4 is 33.6 Å². The van der Waals surface area contributed by atoms with Crippen LogP contribution in [0.4, 0.5) is 0 Å². The van der Waals surface area contributed by atoms with Gasteiger partial charge in [-0.15, -0.1) is 11.8 Å². The molecule has 0 radical (unpaired) electrons. The Labute approximate surface area is 137 Å². The molecule has 1 aromatic rings. The van der Waals surface area contributed by atoms with E-state index in [0.29, 0.717) is 6.61 Å². The van der Waals surface area contributed by atoms with Crippen molar-refractivity contribution in [2.45, 2.75) is 24.9 Å². The molecule has 2 aliphatic rings. The highest BCUT2D eigenvalue weighted by Gasteiger charge is 2.33. The molecule has 4 nitrogen and oxygen atoms in total. The summed E-state index contributed by atoms with van der Waals surface area (Å²) >= 11 is 5.23. The zero-order chi connectivity index (χ0) is 14.7. The van der Waals surface area contributed by atoms with Crippen molar-refractivity contribution in [3.8, 4) is 5.75 Å². The van der Waals surface area contributed by atoms with Crippen molar-refractivity contribution in [3.63, 3.8) is 0 Å². The third-order valence-electron chi connectivity index (χ3n) is 3.87. The molecular formula is C15H19BrN2O2S. The van der Waals surface area contributed by atoms with Crippen molar-refractivity contribution in [2.75, 3.05) is 24.8 Å². The molecule has 0 saturated carbocycles. The summed E-state index contributed by atoms with van der Waals surface area (Å²) in [5, 5.41) is 3.41. The maximum absolute atomic E-state index is 12.3. The van der Waals surface area contributed by atoms with E-state index in [9.17, 15) is 4.79 Å². The summed E-state index contributed by atoms with van der Waals surface area (Å²) in [5.41, 5.74) is 0. The first-order valence-electron chi connectivity index (χ1n) is 7.23. The molecule has 2 heterocycles. The second kappa shape index (κ2) is 7.03. The first kappa shape index (κ1) is 15.2. The van der Waals surface area contributed by atoms with Gasteiger partial charge in [0.15, 0.2) is 0 Å². The number of ether oxygens (including phenoxy) is 1. The number of carbonyl (C=O) groups is 1. The van der Waals surface area contributed by atoms with Crippen molar-refractivity contribution < 1.29 is 9.53 Å². The largest absolute Gasteiger partial charge is 0.492 e. The fourth-order valence-electron chi connectivity index (χ4n) is 2.68. The third kappa shape index (κ3) is 3.93. The average molecular weight is 371 g/mol. The fourth-order valence-corrected chi connectivity index (χ4v) is 3.90. The Balaban J connectivity index is 1.46. The van der Waals surface area contributed by atoms with Crippen LogP contribution in [0.2, 0.25) is 0 Å². The number of rotatable bonds is 4. The van der Waals surface area contributed by atoms with Crippen molar-refractivity contribution in [2.24, 2.45) is 0 Å². The van der Waals surface area contributed by atoms with Gasteiger partial charge in [0.2, 0.25) is 5.91 Å². The van der Waals surface area contributed by atoms with Crippen molar-refractivity contribution in [1.29, 1.82) is 0 Å². The SMILES string of the molecule is O=C([C@H]1CC[C@H](COc2ccc(Br)cc2)N1)N1CCSC1. The summed E-state index contributed by atoms with van der Waals surface area (Å²) in [5.74, 6) is 3.03. The molecule has 3 rings (SSSR count). The Kier molecular flexibility index (Phi) is 5.08.